The van der Waals surface area contributed by atoms with Gasteiger partial charge in [0.1, 0.15) is 5.75 Å². The highest BCUT2D eigenvalue weighted by Crippen LogP contribution is 2.27. The SMILES string of the molecule is CC[C@@H](NC(=O)c1ccccc1OC)c1ccc2c(c1)CCCC2. The van der Waals surface area contributed by atoms with Crippen molar-refractivity contribution in [3.8, 4) is 5.75 Å². The number of fused-ring (bicyclic) bond motifs is 1. The van der Waals surface area contributed by atoms with Gasteiger partial charge in [-0.25, -0.2) is 0 Å². The van der Waals surface area contributed by atoms with Gasteiger partial charge in [-0.2, -0.15) is 0 Å². The van der Waals surface area contributed by atoms with Gasteiger partial charge < -0.3 is 10.1 Å². The van der Waals surface area contributed by atoms with Crippen molar-refractivity contribution >= 4 is 5.91 Å². The van der Waals surface area contributed by atoms with E-state index in [0.29, 0.717) is 11.3 Å². The van der Waals surface area contributed by atoms with Crippen molar-refractivity contribution in [3.05, 3.63) is 64.7 Å². The maximum atomic E-state index is 12.7. The van der Waals surface area contributed by atoms with Crippen LogP contribution in [0.25, 0.3) is 0 Å². The lowest BCUT2D eigenvalue weighted by molar-refractivity contribution is 0.0932. The van der Waals surface area contributed by atoms with Crippen LogP contribution in [0.15, 0.2) is 42.5 Å². The Bertz CT molecular complexity index is 724. The summed E-state index contributed by atoms with van der Waals surface area (Å²) in [7, 11) is 1.59. The van der Waals surface area contributed by atoms with E-state index in [4.69, 9.17) is 4.74 Å². The molecule has 24 heavy (non-hydrogen) atoms. The number of rotatable bonds is 5. The number of carbonyl (C=O) groups excluding carboxylic acids is 1. The summed E-state index contributed by atoms with van der Waals surface area (Å²) in [5, 5.41) is 3.16. The van der Waals surface area contributed by atoms with E-state index in [9.17, 15) is 4.79 Å². The van der Waals surface area contributed by atoms with Crippen molar-refractivity contribution < 1.29 is 9.53 Å². The fourth-order valence-electron chi connectivity index (χ4n) is 3.46. The Balaban J connectivity index is 1.80. The molecule has 1 amide bonds. The summed E-state index contributed by atoms with van der Waals surface area (Å²) in [5.41, 5.74) is 4.69. The average molecular weight is 323 g/mol. The Kier molecular flexibility index (Phi) is 5.19. The number of methoxy groups -OCH3 is 1. The normalized spacial score (nSPS) is 14.6. The van der Waals surface area contributed by atoms with Crippen molar-refractivity contribution in [1.29, 1.82) is 0 Å². The molecule has 3 nitrogen and oxygen atoms in total. The highest BCUT2D eigenvalue weighted by atomic mass is 16.5. The van der Waals surface area contributed by atoms with Gasteiger partial charge in [-0.05, 0) is 60.9 Å². The van der Waals surface area contributed by atoms with Crippen LogP contribution in [-0.4, -0.2) is 13.0 Å². The molecule has 0 spiro atoms. The zero-order valence-electron chi connectivity index (χ0n) is 14.5. The van der Waals surface area contributed by atoms with Crippen molar-refractivity contribution in [2.75, 3.05) is 7.11 Å². The van der Waals surface area contributed by atoms with E-state index < -0.39 is 0 Å². The van der Waals surface area contributed by atoms with E-state index in [2.05, 4.69) is 30.4 Å². The van der Waals surface area contributed by atoms with Gasteiger partial charge in [0.2, 0.25) is 0 Å². The molecule has 0 aromatic heterocycles. The van der Waals surface area contributed by atoms with Gasteiger partial charge in [-0.15, -0.1) is 0 Å². The third-order valence-corrected chi connectivity index (χ3v) is 4.84. The minimum Gasteiger partial charge on any atom is -0.496 e. The first-order valence-corrected chi connectivity index (χ1v) is 8.78. The first kappa shape index (κ1) is 16.6. The third kappa shape index (κ3) is 3.45. The molecule has 0 saturated carbocycles. The maximum absolute atomic E-state index is 12.7. The first-order valence-electron chi connectivity index (χ1n) is 8.78. The van der Waals surface area contributed by atoms with Crippen LogP contribution in [0.3, 0.4) is 0 Å². The zero-order chi connectivity index (χ0) is 16.9. The number of ether oxygens (including phenoxy) is 1. The summed E-state index contributed by atoms with van der Waals surface area (Å²) in [4.78, 5) is 12.7. The molecule has 3 heteroatoms. The van der Waals surface area contributed by atoms with Gasteiger partial charge in [-0.3, -0.25) is 4.79 Å². The van der Waals surface area contributed by atoms with Crippen molar-refractivity contribution in [2.24, 2.45) is 0 Å². The molecular formula is C21H25NO2. The van der Waals surface area contributed by atoms with E-state index >= 15 is 0 Å². The predicted molar refractivity (Wildman–Crippen MR) is 96.6 cm³/mol. The van der Waals surface area contributed by atoms with Crippen LogP contribution >= 0.6 is 0 Å². The third-order valence-electron chi connectivity index (χ3n) is 4.84. The Hall–Kier alpha value is -2.29. The Morgan fingerprint density at radius 3 is 2.62 bits per heavy atom. The minimum absolute atomic E-state index is 0.0228. The molecule has 0 unspecified atom stereocenters. The number of nitrogens with one attached hydrogen (secondary N) is 1. The van der Waals surface area contributed by atoms with Crippen molar-refractivity contribution in [2.45, 2.75) is 45.1 Å². The molecule has 3 rings (SSSR count). The van der Waals surface area contributed by atoms with Gasteiger partial charge in [-0.1, -0.05) is 37.3 Å². The molecular weight excluding hydrogens is 298 g/mol. The van der Waals surface area contributed by atoms with Gasteiger partial charge in [0.25, 0.3) is 5.91 Å². The molecule has 1 N–H and O–H groups in total. The van der Waals surface area contributed by atoms with Gasteiger partial charge >= 0.3 is 0 Å². The monoisotopic (exact) mass is 323 g/mol. The minimum atomic E-state index is -0.0861. The van der Waals surface area contributed by atoms with Gasteiger partial charge in [0.15, 0.2) is 0 Å². The van der Waals surface area contributed by atoms with Crippen LogP contribution in [0, 0.1) is 0 Å². The Morgan fingerprint density at radius 1 is 1.12 bits per heavy atom. The topological polar surface area (TPSA) is 38.3 Å². The van der Waals surface area contributed by atoms with Crippen LogP contribution in [0.4, 0.5) is 0 Å². The van der Waals surface area contributed by atoms with Crippen LogP contribution in [0.1, 0.15) is 59.3 Å². The van der Waals surface area contributed by atoms with Crippen LogP contribution in [-0.2, 0) is 12.8 Å². The lowest BCUT2D eigenvalue weighted by Gasteiger charge is -2.22. The zero-order valence-corrected chi connectivity index (χ0v) is 14.5. The second-order valence-corrected chi connectivity index (χ2v) is 6.37. The Labute approximate surface area is 144 Å². The highest BCUT2D eigenvalue weighted by molar-refractivity contribution is 5.97. The summed E-state index contributed by atoms with van der Waals surface area (Å²) in [6.45, 7) is 2.10. The summed E-state index contributed by atoms with van der Waals surface area (Å²) >= 11 is 0. The predicted octanol–water partition coefficient (Wildman–Crippen LogP) is 4.46. The van der Waals surface area contributed by atoms with Crippen LogP contribution < -0.4 is 10.1 Å². The van der Waals surface area contributed by atoms with E-state index in [1.165, 1.54) is 36.0 Å². The fourth-order valence-corrected chi connectivity index (χ4v) is 3.46. The number of amides is 1. The van der Waals surface area contributed by atoms with Crippen LogP contribution in [0.2, 0.25) is 0 Å². The molecule has 0 bridgehead atoms. The number of carbonyl (C=O) groups is 1. The number of hydrogen-bond donors (Lipinski definition) is 1. The molecule has 0 heterocycles. The molecule has 1 aliphatic carbocycles. The standard InChI is InChI=1S/C21H25NO2/c1-3-19(17-13-12-15-8-4-5-9-16(15)14-17)22-21(23)18-10-6-7-11-20(18)24-2/h6-7,10-14,19H,3-5,8-9H2,1-2H3,(H,22,23)/t19-/m1/s1. The smallest absolute Gasteiger partial charge is 0.255 e. The second-order valence-electron chi connectivity index (χ2n) is 6.37. The number of aryl methyl sites for hydroxylation is 2. The fraction of sp³-hybridized carbons (Fsp3) is 0.381. The molecule has 0 radical (unpaired) electrons. The molecule has 0 fully saturated rings. The molecule has 1 aliphatic rings. The highest BCUT2D eigenvalue weighted by Gasteiger charge is 2.18. The first-order chi connectivity index (χ1) is 11.7. The van der Waals surface area contributed by atoms with Crippen LogP contribution in [0.5, 0.6) is 5.75 Å². The van der Waals surface area contributed by atoms with Crippen molar-refractivity contribution in [1.82, 2.24) is 5.32 Å². The summed E-state index contributed by atoms with van der Waals surface area (Å²) in [5.74, 6) is 0.521. The quantitative estimate of drug-likeness (QED) is 0.882. The Morgan fingerprint density at radius 2 is 1.88 bits per heavy atom. The van der Waals surface area contributed by atoms with E-state index in [0.717, 1.165) is 12.8 Å². The molecule has 1 atom stereocenters. The molecule has 0 aliphatic heterocycles. The second kappa shape index (κ2) is 7.52. The number of para-hydroxylation sites is 1. The molecule has 2 aromatic rings. The average Bonchev–Trinajstić information content (AvgIpc) is 2.65. The molecule has 2 aromatic carbocycles. The summed E-state index contributed by atoms with van der Waals surface area (Å²) < 4.78 is 5.30. The van der Waals surface area contributed by atoms with E-state index in [1.54, 1.807) is 13.2 Å². The lowest BCUT2D eigenvalue weighted by atomic mass is 9.88. The van der Waals surface area contributed by atoms with Gasteiger partial charge in [0.05, 0.1) is 18.7 Å². The van der Waals surface area contributed by atoms with Gasteiger partial charge in [0, 0.05) is 0 Å². The lowest BCUT2D eigenvalue weighted by Crippen LogP contribution is -2.28. The van der Waals surface area contributed by atoms with Crippen molar-refractivity contribution in [3.63, 3.8) is 0 Å². The van der Waals surface area contributed by atoms with E-state index in [1.807, 2.05) is 18.2 Å². The molecule has 126 valence electrons. The number of hydrogen-bond acceptors (Lipinski definition) is 2. The van der Waals surface area contributed by atoms with E-state index in [-0.39, 0.29) is 11.9 Å². The molecule has 0 saturated heterocycles. The maximum Gasteiger partial charge on any atom is 0.255 e. The summed E-state index contributed by atoms with van der Waals surface area (Å²) in [6, 6.07) is 14.1. The summed E-state index contributed by atoms with van der Waals surface area (Å²) in [6.07, 6.45) is 5.74. The number of benzene rings is 2. The largest absolute Gasteiger partial charge is 0.496 e.